The summed E-state index contributed by atoms with van der Waals surface area (Å²) in [5, 5.41) is 3.08. The first-order chi connectivity index (χ1) is 15.1. The van der Waals surface area contributed by atoms with Crippen molar-refractivity contribution in [2.75, 3.05) is 24.5 Å². The molecule has 4 rings (SSSR count). The van der Waals surface area contributed by atoms with E-state index in [0.29, 0.717) is 25.6 Å². The summed E-state index contributed by atoms with van der Waals surface area (Å²) in [5.41, 5.74) is 4.89. The van der Waals surface area contributed by atoms with Gasteiger partial charge in [-0.25, -0.2) is 0 Å². The van der Waals surface area contributed by atoms with Crippen molar-refractivity contribution >= 4 is 17.5 Å². The number of benzene rings is 2. The molecule has 1 fully saturated rings. The average Bonchev–Trinajstić information content (AvgIpc) is 3.23. The highest BCUT2D eigenvalue weighted by molar-refractivity contribution is 5.95. The van der Waals surface area contributed by atoms with Gasteiger partial charge in [-0.2, -0.15) is 0 Å². The lowest BCUT2D eigenvalue weighted by molar-refractivity contribution is -0.123. The first-order valence-corrected chi connectivity index (χ1v) is 11.6. The van der Waals surface area contributed by atoms with Crippen LogP contribution < -0.4 is 10.2 Å². The highest BCUT2D eigenvalue weighted by Gasteiger charge is 2.25. The fourth-order valence-electron chi connectivity index (χ4n) is 4.82. The standard InChI is InChI=1S/C26H33N3O2/c1-2-15-28(24-14-11-21-6-3-4-7-22(21)17-24)19-25(30)27-18-20-9-12-23(13-10-20)29-16-5-8-26(29)31/h3-4,6-7,9-10,12-13,24H,2,5,8,11,14-19H2,1H3,(H,27,30). The van der Waals surface area contributed by atoms with Crippen molar-refractivity contribution in [3.05, 3.63) is 65.2 Å². The van der Waals surface area contributed by atoms with Crippen LogP contribution >= 0.6 is 0 Å². The zero-order valence-electron chi connectivity index (χ0n) is 18.5. The highest BCUT2D eigenvalue weighted by Crippen LogP contribution is 2.25. The number of fused-ring (bicyclic) bond motifs is 1. The molecule has 2 aromatic rings. The van der Waals surface area contributed by atoms with E-state index in [2.05, 4.69) is 41.4 Å². The maximum atomic E-state index is 12.7. The second kappa shape index (κ2) is 10.1. The molecule has 31 heavy (non-hydrogen) atoms. The molecule has 164 valence electrons. The van der Waals surface area contributed by atoms with E-state index in [1.54, 1.807) is 0 Å². The topological polar surface area (TPSA) is 52.7 Å². The molecule has 5 nitrogen and oxygen atoms in total. The molecule has 0 aromatic heterocycles. The van der Waals surface area contributed by atoms with Crippen molar-refractivity contribution in [2.24, 2.45) is 0 Å². The molecule has 0 bridgehead atoms. The molecule has 2 aliphatic rings. The van der Waals surface area contributed by atoms with E-state index in [9.17, 15) is 9.59 Å². The van der Waals surface area contributed by atoms with Crippen molar-refractivity contribution in [3.8, 4) is 0 Å². The first kappa shape index (κ1) is 21.6. The lowest BCUT2D eigenvalue weighted by Gasteiger charge is -2.34. The molecule has 2 aromatic carbocycles. The number of carbonyl (C=O) groups excluding carboxylic acids is 2. The Hall–Kier alpha value is -2.66. The molecule has 0 spiro atoms. The normalized spacial score (nSPS) is 18.3. The number of carbonyl (C=O) groups is 2. The summed E-state index contributed by atoms with van der Waals surface area (Å²) in [6.45, 7) is 4.88. The van der Waals surface area contributed by atoms with Crippen LogP contribution in [0.2, 0.25) is 0 Å². The van der Waals surface area contributed by atoms with Gasteiger partial charge in [0.15, 0.2) is 0 Å². The van der Waals surface area contributed by atoms with Crippen molar-refractivity contribution < 1.29 is 9.59 Å². The third-order valence-electron chi connectivity index (χ3n) is 6.51. The SMILES string of the molecule is CCCN(CC(=O)NCc1ccc(N2CCCC2=O)cc1)C1CCc2ccccc2C1. The second-order valence-corrected chi connectivity index (χ2v) is 8.73. The monoisotopic (exact) mass is 419 g/mol. The Bertz CT molecular complexity index is 909. The van der Waals surface area contributed by atoms with Crippen LogP contribution in [0.25, 0.3) is 0 Å². The van der Waals surface area contributed by atoms with Crippen LogP contribution in [0.3, 0.4) is 0 Å². The predicted octanol–water partition coefficient (Wildman–Crippen LogP) is 3.70. The zero-order valence-corrected chi connectivity index (χ0v) is 18.5. The van der Waals surface area contributed by atoms with Gasteiger partial charge in [0.05, 0.1) is 6.54 Å². The number of nitrogens with zero attached hydrogens (tertiary/aromatic N) is 2. The van der Waals surface area contributed by atoms with Crippen LogP contribution in [0.5, 0.6) is 0 Å². The third kappa shape index (κ3) is 5.34. The summed E-state index contributed by atoms with van der Waals surface area (Å²) < 4.78 is 0. The van der Waals surface area contributed by atoms with Gasteiger partial charge in [0.1, 0.15) is 0 Å². The number of nitrogens with one attached hydrogen (secondary N) is 1. The van der Waals surface area contributed by atoms with Gasteiger partial charge < -0.3 is 10.2 Å². The van der Waals surface area contributed by atoms with Crippen LogP contribution in [0.15, 0.2) is 48.5 Å². The summed E-state index contributed by atoms with van der Waals surface area (Å²) >= 11 is 0. The molecule has 0 radical (unpaired) electrons. The van der Waals surface area contributed by atoms with Crippen molar-refractivity contribution in [1.29, 1.82) is 0 Å². The van der Waals surface area contributed by atoms with Crippen LogP contribution in [-0.2, 0) is 29.0 Å². The van der Waals surface area contributed by atoms with Crippen LogP contribution in [0.4, 0.5) is 5.69 Å². The lowest BCUT2D eigenvalue weighted by atomic mass is 9.87. The maximum absolute atomic E-state index is 12.7. The van der Waals surface area contributed by atoms with Gasteiger partial charge in [0.2, 0.25) is 11.8 Å². The van der Waals surface area contributed by atoms with Gasteiger partial charge >= 0.3 is 0 Å². The minimum atomic E-state index is 0.0751. The summed E-state index contributed by atoms with van der Waals surface area (Å²) in [4.78, 5) is 28.8. The molecule has 1 unspecified atom stereocenters. The van der Waals surface area contributed by atoms with Gasteiger partial charge in [-0.05, 0) is 67.5 Å². The second-order valence-electron chi connectivity index (χ2n) is 8.73. The minimum absolute atomic E-state index is 0.0751. The largest absolute Gasteiger partial charge is 0.351 e. The van der Waals surface area contributed by atoms with Gasteiger partial charge in [-0.1, -0.05) is 43.3 Å². The van der Waals surface area contributed by atoms with E-state index >= 15 is 0 Å². The molecule has 1 atom stereocenters. The minimum Gasteiger partial charge on any atom is -0.351 e. The third-order valence-corrected chi connectivity index (χ3v) is 6.51. The molecule has 1 aliphatic heterocycles. The van der Waals surface area contributed by atoms with E-state index in [0.717, 1.165) is 56.4 Å². The number of hydrogen-bond acceptors (Lipinski definition) is 3. The Balaban J connectivity index is 1.30. The van der Waals surface area contributed by atoms with Gasteiger partial charge in [-0.3, -0.25) is 14.5 Å². The Morgan fingerprint density at radius 3 is 2.58 bits per heavy atom. The molecular formula is C26H33N3O2. The summed E-state index contributed by atoms with van der Waals surface area (Å²) in [6, 6.07) is 17.1. The summed E-state index contributed by atoms with van der Waals surface area (Å²) in [7, 11) is 0. The van der Waals surface area contributed by atoms with Crippen molar-refractivity contribution in [2.45, 2.75) is 58.0 Å². The Labute approximate surface area is 185 Å². The number of anilines is 1. The fourth-order valence-corrected chi connectivity index (χ4v) is 4.82. The maximum Gasteiger partial charge on any atom is 0.234 e. The quantitative estimate of drug-likeness (QED) is 0.710. The fraction of sp³-hybridized carbons (Fsp3) is 0.462. The number of hydrogen-bond donors (Lipinski definition) is 1. The first-order valence-electron chi connectivity index (χ1n) is 11.6. The van der Waals surface area contributed by atoms with Crippen LogP contribution in [0.1, 0.15) is 49.3 Å². The molecular weight excluding hydrogens is 386 g/mol. The highest BCUT2D eigenvalue weighted by atomic mass is 16.2. The average molecular weight is 420 g/mol. The zero-order chi connectivity index (χ0) is 21.6. The van der Waals surface area contributed by atoms with E-state index in [4.69, 9.17) is 0 Å². The molecule has 1 aliphatic carbocycles. The Morgan fingerprint density at radius 2 is 1.87 bits per heavy atom. The van der Waals surface area contributed by atoms with E-state index < -0.39 is 0 Å². The van der Waals surface area contributed by atoms with Gasteiger partial charge in [0.25, 0.3) is 0 Å². The van der Waals surface area contributed by atoms with Crippen LogP contribution in [-0.4, -0.2) is 42.4 Å². The predicted molar refractivity (Wildman–Crippen MR) is 124 cm³/mol. The van der Waals surface area contributed by atoms with Crippen molar-refractivity contribution in [1.82, 2.24) is 10.2 Å². The van der Waals surface area contributed by atoms with E-state index in [1.807, 2.05) is 29.2 Å². The van der Waals surface area contributed by atoms with Gasteiger partial charge in [0, 0.05) is 31.2 Å². The molecule has 5 heteroatoms. The molecule has 1 N–H and O–H groups in total. The Morgan fingerprint density at radius 1 is 1.10 bits per heavy atom. The van der Waals surface area contributed by atoms with Gasteiger partial charge in [-0.15, -0.1) is 0 Å². The van der Waals surface area contributed by atoms with Crippen LogP contribution in [0, 0.1) is 0 Å². The smallest absolute Gasteiger partial charge is 0.234 e. The lowest BCUT2D eigenvalue weighted by Crippen LogP contribution is -2.45. The van der Waals surface area contributed by atoms with E-state index in [1.165, 1.54) is 11.1 Å². The molecule has 1 heterocycles. The number of aryl methyl sites for hydroxylation is 1. The molecule has 2 amide bonds. The summed E-state index contributed by atoms with van der Waals surface area (Å²) in [6.07, 6.45) is 5.84. The number of rotatable bonds is 8. The molecule has 0 saturated carbocycles. The van der Waals surface area contributed by atoms with Crippen molar-refractivity contribution in [3.63, 3.8) is 0 Å². The van der Waals surface area contributed by atoms with E-state index in [-0.39, 0.29) is 11.8 Å². The Kier molecular flexibility index (Phi) is 7.03. The number of amides is 2. The molecule has 1 saturated heterocycles. The summed E-state index contributed by atoms with van der Waals surface area (Å²) in [5.74, 6) is 0.272.